The van der Waals surface area contributed by atoms with Crippen molar-refractivity contribution in [1.29, 1.82) is 0 Å². The number of hydrogen-bond acceptors (Lipinski definition) is 4. The number of carbonyl (C=O) groups excluding carboxylic acids is 1. The highest BCUT2D eigenvalue weighted by Gasteiger charge is 2.12. The second-order valence-electron chi connectivity index (χ2n) is 5.29. The van der Waals surface area contributed by atoms with E-state index in [-0.39, 0.29) is 11.7 Å². The molecule has 6 heteroatoms. The SMILES string of the molecule is Cc1c(CS(C)(=O)=O)cccc1NC(=O)CCc1ccco1. The first-order chi connectivity index (χ1) is 10.3. The van der Waals surface area contributed by atoms with Gasteiger partial charge >= 0.3 is 0 Å². The van der Waals surface area contributed by atoms with Crippen LogP contribution in [0.1, 0.15) is 23.3 Å². The summed E-state index contributed by atoms with van der Waals surface area (Å²) in [7, 11) is -3.11. The second-order valence-corrected chi connectivity index (χ2v) is 7.43. The van der Waals surface area contributed by atoms with Gasteiger partial charge in [0.05, 0.1) is 12.0 Å². The molecule has 22 heavy (non-hydrogen) atoms. The van der Waals surface area contributed by atoms with E-state index in [1.807, 2.05) is 13.0 Å². The number of nitrogens with one attached hydrogen (secondary N) is 1. The topological polar surface area (TPSA) is 76.4 Å². The number of rotatable bonds is 6. The van der Waals surface area contributed by atoms with Crippen LogP contribution in [0.15, 0.2) is 41.0 Å². The fraction of sp³-hybridized carbons (Fsp3) is 0.312. The first-order valence-corrected chi connectivity index (χ1v) is 8.99. The molecule has 2 aromatic rings. The Labute approximate surface area is 130 Å². The van der Waals surface area contributed by atoms with E-state index in [0.29, 0.717) is 24.1 Å². The largest absolute Gasteiger partial charge is 0.469 e. The summed E-state index contributed by atoms with van der Waals surface area (Å²) >= 11 is 0. The number of anilines is 1. The Balaban J connectivity index is 2.03. The monoisotopic (exact) mass is 321 g/mol. The molecule has 118 valence electrons. The lowest BCUT2D eigenvalue weighted by molar-refractivity contribution is -0.116. The molecule has 0 aliphatic carbocycles. The van der Waals surface area contributed by atoms with Gasteiger partial charge in [-0.3, -0.25) is 4.79 Å². The molecule has 0 radical (unpaired) electrons. The number of furan rings is 1. The van der Waals surface area contributed by atoms with Crippen molar-refractivity contribution in [2.45, 2.75) is 25.5 Å². The van der Waals surface area contributed by atoms with Gasteiger partial charge in [0.25, 0.3) is 0 Å². The molecule has 0 saturated heterocycles. The highest BCUT2D eigenvalue weighted by molar-refractivity contribution is 7.89. The molecule has 1 aromatic heterocycles. The van der Waals surface area contributed by atoms with Gasteiger partial charge in [-0.1, -0.05) is 12.1 Å². The van der Waals surface area contributed by atoms with E-state index < -0.39 is 9.84 Å². The average molecular weight is 321 g/mol. The predicted octanol–water partition coefficient (Wildman–Crippen LogP) is 2.70. The normalized spacial score (nSPS) is 11.4. The maximum Gasteiger partial charge on any atom is 0.224 e. The van der Waals surface area contributed by atoms with Crippen molar-refractivity contribution in [3.63, 3.8) is 0 Å². The van der Waals surface area contributed by atoms with Crippen molar-refractivity contribution in [2.75, 3.05) is 11.6 Å². The molecule has 0 bridgehead atoms. The van der Waals surface area contributed by atoms with Crippen LogP contribution in [0, 0.1) is 6.92 Å². The Bertz CT molecular complexity index is 748. The fourth-order valence-electron chi connectivity index (χ4n) is 2.16. The van der Waals surface area contributed by atoms with Gasteiger partial charge in [-0.15, -0.1) is 0 Å². The molecule has 1 aromatic carbocycles. The first-order valence-electron chi connectivity index (χ1n) is 6.93. The van der Waals surface area contributed by atoms with E-state index in [9.17, 15) is 13.2 Å². The van der Waals surface area contributed by atoms with Crippen molar-refractivity contribution in [3.05, 3.63) is 53.5 Å². The molecule has 0 aliphatic rings. The smallest absolute Gasteiger partial charge is 0.224 e. The molecule has 0 fully saturated rings. The van der Waals surface area contributed by atoms with Gasteiger partial charge in [-0.2, -0.15) is 0 Å². The lowest BCUT2D eigenvalue weighted by atomic mass is 10.1. The van der Waals surface area contributed by atoms with Gasteiger partial charge < -0.3 is 9.73 Å². The van der Waals surface area contributed by atoms with Gasteiger partial charge in [0.1, 0.15) is 5.76 Å². The minimum atomic E-state index is -3.11. The van der Waals surface area contributed by atoms with Crippen molar-refractivity contribution in [3.8, 4) is 0 Å². The summed E-state index contributed by atoms with van der Waals surface area (Å²) in [6.07, 6.45) is 3.61. The Morgan fingerprint density at radius 1 is 1.23 bits per heavy atom. The zero-order valence-corrected chi connectivity index (χ0v) is 13.4. The van der Waals surface area contributed by atoms with Gasteiger partial charge in [-0.05, 0) is 36.2 Å². The zero-order chi connectivity index (χ0) is 16.2. The zero-order valence-electron chi connectivity index (χ0n) is 12.6. The van der Waals surface area contributed by atoms with Gasteiger partial charge in [-0.25, -0.2) is 8.42 Å². The third-order valence-corrected chi connectivity index (χ3v) is 4.15. The summed E-state index contributed by atoms with van der Waals surface area (Å²) in [6.45, 7) is 1.81. The van der Waals surface area contributed by atoms with Crippen molar-refractivity contribution in [2.24, 2.45) is 0 Å². The summed E-state index contributed by atoms with van der Waals surface area (Å²) in [5.74, 6) is 0.600. The second kappa shape index (κ2) is 6.79. The molecule has 1 N–H and O–H groups in total. The molecular weight excluding hydrogens is 302 g/mol. The molecule has 1 heterocycles. The third-order valence-electron chi connectivity index (χ3n) is 3.32. The minimum absolute atomic E-state index is 0.0328. The molecular formula is C16H19NO4S. The van der Waals surface area contributed by atoms with Crippen LogP contribution < -0.4 is 5.32 Å². The van der Waals surface area contributed by atoms with Crippen LogP contribution >= 0.6 is 0 Å². The van der Waals surface area contributed by atoms with Crippen LogP contribution in [0.2, 0.25) is 0 Å². The number of benzene rings is 1. The van der Waals surface area contributed by atoms with Crippen LogP contribution in [0.3, 0.4) is 0 Å². The molecule has 0 aliphatic heterocycles. The maximum absolute atomic E-state index is 12.0. The van der Waals surface area contributed by atoms with Crippen molar-refractivity contribution in [1.82, 2.24) is 0 Å². The van der Waals surface area contributed by atoms with E-state index in [1.165, 1.54) is 6.26 Å². The van der Waals surface area contributed by atoms with E-state index in [0.717, 1.165) is 11.3 Å². The summed E-state index contributed by atoms with van der Waals surface area (Å²) in [6, 6.07) is 8.88. The number of hydrogen-bond donors (Lipinski definition) is 1. The Morgan fingerprint density at radius 3 is 2.64 bits per heavy atom. The minimum Gasteiger partial charge on any atom is -0.469 e. The summed E-state index contributed by atoms with van der Waals surface area (Å²) in [4.78, 5) is 12.0. The number of amides is 1. The van der Waals surface area contributed by atoms with Crippen LogP contribution in [-0.2, 0) is 26.8 Å². The summed E-state index contributed by atoms with van der Waals surface area (Å²) < 4.78 is 28.0. The molecule has 0 atom stereocenters. The average Bonchev–Trinajstić information content (AvgIpc) is 2.93. The highest BCUT2D eigenvalue weighted by atomic mass is 32.2. The van der Waals surface area contributed by atoms with E-state index in [1.54, 1.807) is 30.5 Å². The Hall–Kier alpha value is -2.08. The molecule has 1 amide bonds. The van der Waals surface area contributed by atoms with E-state index in [2.05, 4.69) is 5.32 Å². The van der Waals surface area contributed by atoms with Crippen LogP contribution in [0.5, 0.6) is 0 Å². The van der Waals surface area contributed by atoms with Crippen LogP contribution in [0.25, 0.3) is 0 Å². The molecule has 2 rings (SSSR count). The fourth-order valence-corrected chi connectivity index (χ4v) is 3.04. The lowest BCUT2D eigenvalue weighted by Crippen LogP contribution is -2.14. The summed E-state index contributed by atoms with van der Waals surface area (Å²) in [5.41, 5.74) is 2.12. The van der Waals surface area contributed by atoms with Gasteiger partial charge in [0.15, 0.2) is 9.84 Å². The third kappa shape index (κ3) is 4.73. The van der Waals surface area contributed by atoms with E-state index >= 15 is 0 Å². The standard InChI is InChI=1S/C16H19NO4S/c1-12-13(11-22(2,19)20)5-3-7-15(12)17-16(18)9-8-14-6-4-10-21-14/h3-7,10H,8-9,11H2,1-2H3,(H,17,18). The van der Waals surface area contributed by atoms with Crippen LogP contribution in [-0.4, -0.2) is 20.6 Å². The quantitative estimate of drug-likeness (QED) is 0.887. The first kappa shape index (κ1) is 16.3. The molecule has 0 saturated carbocycles. The molecule has 5 nitrogen and oxygen atoms in total. The highest BCUT2D eigenvalue weighted by Crippen LogP contribution is 2.21. The Kier molecular flexibility index (Phi) is 5.03. The lowest BCUT2D eigenvalue weighted by Gasteiger charge is -2.12. The van der Waals surface area contributed by atoms with E-state index in [4.69, 9.17) is 4.42 Å². The maximum atomic E-state index is 12.0. The van der Waals surface area contributed by atoms with Crippen molar-refractivity contribution < 1.29 is 17.6 Å². The predicted molar refractivity (Wildman–Crippen MR) is 85.4 cm³/mol. The molecule has 0 unspecified atom stereocenters. The molecule has 0 spiro atoms. The number of aryl methyl sites for hydroxylation is 1. The number of sulfone groups is 1. The number of carbonyl (C=O) groups is 1. The van der Waals surface area contributed by atoms with Gasteiger partial charge in [0, 0.05) is 24.8 Å². The van der Waals surface area contributed by atoms with Crippen LogP contribution in [0.4, 0.5) is 5.69 Å². The summed E-state index contributed by atoms with van der Waals surface area (Å²) in [5, 5.41) is 2.82. The van der Waals surface area contributed by atoms with Gasteiger partial charge in [0.2, 0.25) is 5.91 Å². The van der Waals surface area contributed by atoms with Crippen molar-refractivity contribution >= 4 is 21.4 Å². The Morgan fingerprint density at radius 2 is 2.00 bits per heavy atom.